The molecule has 1 aromatic heterocycles. The molecular formula is C26H28ClF3N7O4+. The van der Waals surface area contributed by atoms with Crippen molar-refractivity contribution in [3.63, 3.8) is 0 Å². The van der Waals surface area contributed by atoms with E-state index >= 15 is 0 Å². The number of rotatable bonds is 7. The summed E-state index contributed by atoms with van der Waals surface area (Å²) < 4.78 is 46.7. The van der Waals surface area contributed by atoms with Gasteiger partial charge in [0, 0.05) is 17.1 Å². The smallest absolute Gasteiger partial charge is 0.381 e. The summed E-state index contributed by atoms with van der Waals surface area (Å²) in [4.78, 5) is 32.1. The maximum absolute atomic E-state index is 13.3. The fraction of sp³-hybridized carbons (Fsp3) is 0.346. The predicted octanol–water partition coefficient (Wildman–Crippen LogP) is 2.33. The molecule has 2 aromatic carbocycles. The fourth-order valence-corrected chi connectivity index (χ4v) is 4.25. The van der Waals surface area contributed by atoms with E-state index in [0.29, 0.717) is 40.6 Å². The Hall–Kier alpha value is -4.01. The van der Waals surface area contributed by atoms with Crippen LogP contribution < -0.4 is 11.1 Å². The number of aliphatic hydroxyl groups excluding tert-OH is 1. The van der Waals surface area contributed by atoms with Gasteiger partial charge in [-0.1, -0.05) is 23.7 Å². The minimum absolute atomic E-state index is 0.109. The Morgan fingerprint density at radius 2 is 1.95 bits per heavy atom. The molecule has 0 spiro atoms. The van der Waals surface area contributed by atoms with Crippen molar-refractivity contribution < 1.29 is 37.2 Å². The molecule has 1 saturated heterocycles. The molecule has 1 aliphatic rings. The Balaban J connectivity index is 1.53. The number of nitrogens with two attached hydrogens (primary N) is 1. The van der Waals surface area contributed by atoms with Gasteiger partial charge in [0.2, 0.25) is 5.84 Å². The van der Waals surface area contributed by atoms with Gasteiger partial charge in [0.25, 0.3) is 5.91 Å². The minimum Gasteiger partial charge on any atom is -0.381 e. The van der Waals surface area contributed by atoms with E-state index in [2.05, 4.69) is 15.4 Å². The summed E-state index contributed by atoms with van der Waals surface area (Å²) in [5, 5.41) is 16.8. The lowest BCUT2D eigenvalue weighted by Gasteiger charge is -2.33. The summed E-state index contributed by atoms with van der Waals surface area (Å²) >= 11 is 5.87. The molecule has 3 amide bonds. The number of para-hydroxylation sites is 1. The van der Waals surface area contributed by atoms with Crippen molar-refractivity contribution in [1.82, 2.24) is 25.0 Å². The number of urea groups is 1. The van der Waals surface area contributed by atoms with Crippen molar-refractivity contribution in [2.24, 2.45) is 5.73 Å². The largest absolute Gasteiger partial charge is 0.436 e. The van der Waals surface area contributed by atoms with Gasteiger partial charge < -0.3 is 20.5 Å². The fourth-order valence-electron chi connectivity index (χ4n) is 4.13. The van der Waals surface area contributed by atoms with Crippen LogP contribution in [0.4, 0.5) is 18.0 Å². The highest BCUT2D eigenvalue weighted by Crippen LogP contribution is 2.21. The van der Waals surface area contributed by atoms with Crippen LogP contribution >= 0.6 is 11.6 Å². The van der Waals surface area contributed by atoms with Gasteiger partial charge in [-0.3, -0.25) is 10.1 Å². The molecule has 1 aliphatic heterocycles. The summed E-state index contributed by atoms with van der Waals surface area (Å²) in [6, 6.07) is 11.5. The third-order valence-electron chi connectivity index (χ3n) is 6.36. The summed E-state index contributed by atoms with van der Waals surface area (Å²) in [6.45, 7) is 1.76. The van der Waals surface area contributed by atoms with Crippen molar-refractivity contribution in [2.75, 3.05) is 26.3 Å². The van der Waals surface area contributed by atoms with E-state index in [1.165, 1.54) is 35.3 Å². The zero-order valence-electron chi connectivity index (χ0n) is 21.9. The van der Waals surface area contributed by atoms with Gasteiger partial charge in [-0.15, -0.1) is 5.10 Å². The molecule has 0 aliphatic carbocycles. The lowest BCUT2D eigenvalue weighted by atomic mass is 10.1. The van der Waals surface area contributed by atoms with E-state index in [1.807, 2.05) is 6.92 Å². The topological polar surface area (TPSA) is 139 Å². The summed E-state index contributed by atoms with van der Waals surface area (Å²) in [6.07, 6.45) is -6.47. The molecule has 3 aromatic rings. The van der Waals surface area contributed by atoms with Crippen molar-refractivity contribution in [1.29, 1.82) is 0 Å². The minimum atomic E-state index is -4.98. The van der Waals surface area contributed by atoms with Gasteiger partial charge in [-0.05, 0) is 43.3 Å². The van der Waals surface area contributed by atoms with E-state index in [0.717, 1.165) is 0 Å². The molecule has 11 nitrogen and oxygen atoms in total. The van der Waals surface area contributed by atoms with Crippen LogP contribution in [-0.2, 0) is 11.3 Å². The van der Waals surface area contributed by atoms with Gasteiger partial charge in [-0.2, -0.15) is 17.7 Å². The number of carbonyl (C=O) groups excluding carboxylic acids is 2. The molecule has 0 bridgehead atoms. The van der Waals surface area contributed by atoms with Crippen LogP contribution in [0.2, 0.25) is 5.02 Å². The number of amides is 3. The normalized spacial score (nSPS) is 17.1. The molecule has 2 heterocycles. The number of nitrogens with one attached hydrogen (secondary N) is 1. The maximum atomic E-state index is 13.3. The number of amidine groups is 1. The zero-order valence-corrected chi connectivity index (χ0v) is 22.6. The first kappa shape index (κ1) is 30.0. The highest BCUT2D eigenvalue weighted by Gasteiger charge is 2.41. The van der Waals surface area contributed by atoms with Crippen molar-refractivity contribution >= 4 is 29.4 Å². The first-order valence-corrected chi connectivity index (χ1v) is 12.9. The van der Waals surface area contributed by atoms with Crippen molar-refractivity contribution in [2.45, 2.75) is 31.8 Å². The Morgan fingerprint density at radius 1 is 1.24 bits per heavy atom. The quantitative estimate of drug-likeness (QED) is 0.217. The van der Waals surface area contributed by atoms with Crippen molar-refractivity contribution in [3.8, 4) is 5.69 Å². The Morgan fingerprint density at radius 3 is 2.63 bits per heavy atom. The number of halogens is 4. The average Bonchev–Trinajstić information content (AvgIpc) is 3.43. The molecule has 218 valence electrons. The van der Waals surface area contributed by atoms with Crippen LogP contribution in [-0.4, -0.2) is 91.7 Å². The molecule has 4 rings (SSSR count). The second-order valence-corrected chi connectivity index (χ2v) is 9.70. The lowest BCUT2D eigenvalue weighted by Crippen LogP contribution is -2.47. The number of hydrogen-bond donors (Lipinski definition) is 3. The van der Waals surface area contributed by atoms with E-state index in [9.17, 15) is 27.9 Å². The number of nitrogens with zero attached hydrogens (tertiary/aromatic N) is 5. The van der Waals surface area contributed by atoms with Gasteiger partial charge >= 0.3 is 12.2 Å². The highest BCUT2D eigenvalue weighted by atomic mass is 35.5. The van der Waals surface area contributed by atoms with Crippen molar-refractivity contribution in [3.05, 3.63) is 76.8 Å². The summed E-state index contributed by atoms with van der Waals surface area (Å²) in [7, 11) is 0. The van der Waals surface area contributed by atoms with Crippen LogP contribution in [0.25, 0.3) is 5.69 Å². The summed E-state index contributed by atoms with van der Waals surface area (Å²) in [5.74, 6) is -0.415. The third-order valence-corrected chi connectivity index (χ3v) is 6.61. The monoisotopic (exact) mass is 594 g/mol. The number of ether oxygens (including phenoxy) is 1. The first-order chi connectivity index (χ1) is 19.5. The number of alkyl halides is 3. The SMILES string of the molecule is CC1COCCN1C(=O)c1ccccc1-n1cnc(CNC(=O)/[N+](C[C@H](O)C(F)(F)F)=C(\N)c2ccc(Cl)cc2)n1. The van der Waals surface area contributed by atoms with E-state index < -0.39 is 24.9 Å². The van der Waals surface area contributed by atoms with E-state index in [1.54, 1.807) is 29.2 Å². The molecular weight excluding hydrogens is 567 g/mol. The lowest BCUT2D eigenvalue weighted by molar-refractivity contribution is -0.455. The van der Waals surface area contributed by atoms with Gasteiger partial charge in [0.1, 0.15) is 19.4 Å². The number of benzene rings is 2. The second kappa shape index (κ2) is 12.7. The van der Waals surface area contributed by atoms with Gasteiger partial charge in [-0.25, -0.2) is 14.5 Å². The molecule has 1 unspecified atom stereocenters. The van der Waals surface area contributed by atoms with Crippen LogP contribution in [0.1, 0.15) is 28.7 Å². The molecule has 4 N–H and O–H groups in total. The van der Waals surface area contributed by atoms with Crippen LogP contribution in [0.5, 0.6) is 0 Å². The zero-order chi connectivity index (χ0) is 29.7. The molecule has 1 fully saturated rings. The second-order valence-electron chi connectivity index (χ2n) is 9.26. The molecule has 15 heteroatoms. The number of hydrogen-bond acceptors (Lipinski definition) is 6. The molecule has 2 atom stereocenters. The Bertz CT molecular complexity index is 1430. The first-order valence-electron chi connectivity index (χ1n) is 12.5. The number of aromatic nitrogens is 3. The Labute approximate surface area is 238 Å². The van der Waals surface area contributed by atoms with E-state index in [4.69, 9.17) is 22.1 Å². The van der Waals surface area contributed by atoms with E-state index in [-0.39, 0.29) is 35.7 Å². The van der Waals surface area contributed by atoms with Crippen LogP contribution in [0.15, 0.2) is 54.9 Å². The van der Waals surface area contributed by atoms with Crippen LogP contribution in [0, 0.1) is 0 Å². The number of carbonyl (C=O) groups is 2. The summed E-state index contributed by atoms with van der Waals surface area (Å²) in [5.41, 5.74) is 7.09. The number of morpholine rings is 1. The molecule has 0 saturated carbocycles. The van der Waals surface area contributed by atoms with Gasteiger partial charge in [0.05, 0.1) is 30.5 Å². The molecule has 41 heavy (non-hydrogen) atoms. The maximum Gasteiger partial charge on any atom is 0.436 e. The van der Waals surface area contributed by atoms with Gasteiger partial charge in [0.15, 0.2) is 11.9 Å². The number of aliphatic hydroxyl groups is 1. The standard InChI is InChI=1S/C26H27ClF3N7O4/c1-16-14-41-11-10-35(16)24(39)19-4-2-3-5-20(19)37-15-33-22(34-37)12-32-25(40)36(13-21(38)26(28,29)30)23(31)17-6-8-18(27)9-7-17/h2-9,15-16,21,31,38H,10-14H2,1H3,(H,32,40)/p+1/t16?,21-/m0/s1. The highest BCUT2D eigenvalue weighted by molar-refractivity contribution is 6.30. The molecule has 0 radical (unpaired) electrons. The average molecular weight is 595 g/mol. The third kappa shape index (κ3) is 7.20. The Kier molecular flexibility index (Phi) is 9.25. The van der Waals surface area contributed by atoms with Crippen LogP contribution in [0.3, 0.4) is 0 Å². The predicted molar refractivity (Wildman–Crippen MR) is 142 cm³/mol.